The van der Waals surface area contributed by atoms with E-state index < -0.39 is 10.0 Å². The van der Waals surface area contributed by atoms with Crippen LogP contribution in [0.4, 0.5) is 0 Å². The van der Waals surface area contributed by atoms with E-state index in [9.17, 15) is 13.2 Å². The molecule has 2 heterocycles. The molecule has 1 saturated carbocycles. The van der Waals surface area contributed by atoms with E-state index in [4.69, 9.17) is 0 Å². The number of aromatic amines is 1. The molecular formula is C15H23N3O3S. The van der Waals surface area contributed by atoms with Gasteiger partial charge in [-0.15, -0.1) is 0 Å². The molecule has 1 aromatic rings. The van der Waals surface area contributed by atoms with E-state index in [1.807, 2.05) is 23.2 Å². The molecule has 1 spiro atoms. The number of likely N-dealkylation sites (tertiary alicyclic amines) is 1. The van der Waals surface area contributed by atoms with Gasteiger partial charge >= 0.3 is 0 Å². The maximum absolute atomic E-state index is 12.3. The fourth-order valence-corrected chi connectivity index (χ4v) is 4.55. The van der Waals surface area contributed by atoms with Crippen molar-refractivity contribution in [1.82, 2.24) is 14.6 Å². The largest absolute Gasteiger partial charge is 0.365 e. The predicted molar refractivity (Wildman–Crippen MR) is 83.7 cm³/mol. The first-order valence-electron chi connectivity index (χ1n) is 7.73. The molecule has 2 aliphatic rings. The highest BCUT2D eigenvalue weighted by Gasteiger charge is 2.49. The molecule has 122 valence electrons. The Morgan fingerprint density at radius 1 is 1.50 bits per heavy atom. The Morgan fingerprint density at radius 3 is 2.91 bits per heavy atom. The SMILES string of the molecule is CS(=O)(=O)NC1CC2(CCN(C(=O)CCc3ccc[nH]3)C2)C1. The van der Waals surface area contributed by atoms with Crippen LogP contribution in [0.1, 0.15) is 31.4 Å². The average Bonchev–Trinajstić information content (AvgIpc) is 3.02. The zero-order valence-electron chi connectivity index (χ0n) is 12.8. The summed E-state index contributed by atoms with van der Waals surface area (Å²) in [6.07, 6.45) is 7.02. The molecule has 22 heavy (non-hydrogen) atoms. The number of aryl methyl sites for hydroxylation is 1. The van der Waals surface area contributed by atoms with Gasteiger partial charge in [-0.1, -0.05) is 0 Å². The smallest absolute Gasteiger partial charge is 0.222 e. The molecule has 0 aromatic carbocycles. The third kappa shape index (κ3) is 3.52. The standard InChI is InChI=1S/C15H23N3O3S/c1-22(20,21)17-13-9-15(10-13)6-8-18(11-15)14(19)5-4-12-3-2-7-16-12/h2-3,7,13,16-17H,4-6,8-11H2,1H3. The van der Waals surface area contributed by atoms with E-state index in [1.165, 1.54) is 6.26 Å². The topological polar surface area (TPSA) is 82.3 Å². The van der Waals surface area contributed by atoms with Crippen molar-refractivity contribution in [3.8, 4) is 0 Å². The van der Waals surface area contributed by atoms with Gasteiger partial charge in [-0.3, -0.25) is 4.79 Å². The molecule has 1 aliphatic heterocycles. The Hall–Kier alpha value is -1.34. The summed E-state index contributed by atoms with van der Waals surface area (Å²) in [5.74, 6) is 0.200. The number of hydrogen-bond donors (Lipinski definition) is 2. The maximum atomic E-state index is 12.3. The van der Waals surface area contributed by atoms with Gasteiger partial charge in [0.1, 0.15) is 0 Å². The van der Waals surface area contributed by atoms with Gasteiger partial charge in [0.15, 0.2) is 0 Å². The van der Waals surface area contributed by atoms with E-state index in [0.29, 0.717) is 6.42 Å². The fourth-order valence-electron chi connectivity index (χ4n) is 3.78. The Balaban J connectivity index is 1.46. The second-order valence-corrected chi connectivity index (χ2v) is 8.54. The van der Waals surface area contributed by atoms with Gasteiger partial charge in [-0.25, -0.2) is 13.1 Å². The van der Waals surface area contributed by atoms with Crippen molar-refractivity contribution in [2.24, 2.45) is 5.41 Å². The van der Waals surface area contributed by atoms with Crippen LogP contribution >= 0.6 is 0 Å². The molecule has 0 unspecified atom stereocenters. The number of amides is 1. The molecule has 1 aromatic heterocycles. The lowest BCUT2D eigenvalue weighted by molar-refractivity contribution is -0.130. The normalized spacial score (nSPS) is 28.0. The number of carbonyl (C=O) groups excluding carboxylic acids is 1. The van der Waals surface area contributed by atoms with Crippen LogP contribution in [0, 0.1) is 5.41 Å². The van der Waals surface area contributed by atoms with Crippen LogP contribution in [-0.4, -0.2) is 49.6 Å². The lowest BCUT2D eigenvalue weighted by atomic mass is 9.65. The first-order chi connectivity index (χ1) is 10.4. The third-order valence-corrected chi connectivity index (χ3v) is 5.56. The monoisotopic (exact) mass is 325 g/mol. The van der Waals surface area contributed by atoms with E-state index >= 15 is 0 Å². The number of aromatic nitrogens is 1. The molecule has 1 saturated heterocycles. The van der Waals surface area contributed by atoms with Crippen molar-refractivity contribution in [3.63, 3.8) is 0 Å². The molecule has 0 atom stereocenters. The Bertz CT molecular complexity index is 633. The molecular weight excluding hydrogens is 302 g/mol. The number of rotatable bonds is 5. The minimum Gasteiger partial charge on any atom is -0.365 e. The van der Waals surface area contributed by atoms with Crippen LogP contribution in [0.3, 0.4) is 0 Å². The van der Waals surface area contributed by atoms with Crippen molar-refractivity contribution in [1.29, 1.82) is 0 Å². The molecule has 7 heteroatoms. The zero-order valence-corrected chi connectivity index (χ0v) is 13.7. The summed E-state index contributed by atoms with van der Waals surface area (Å²) < 4.78 is 25.1. The van der Waals surface area contributed by atoms with Gasteiger partial charge in [0, 0.05) is 37.4 Å². The molecule has 1 aliphatic carbocycles. The van der Waals surface area contributed by atoms with Crippen molar-refractivity contribution >= 4 is 15.9 Å². The molecule has 2 fully saturated rings. The van der Waals surface area contributed by atoms with Gasteiger partial charge in [-0.05, 0) is 43.2 Å². The summed E-state index contributed by atoms with van der Waals surface area (Å²) in [6, 6.07) is 3.98. The van der Waals surface area contributed by atoms with E-state index in [0.717, 1.165) is 44.5 Å². The molecule has 1 amide bonds. The summed E-state index contributed by atoms with van der Waals surface area (Å²) in [7, 11) is -3.13. The summed E-state index contributed by atoms with van der Waals surface area (Å²) in [6.45, 7) is 1.58. The predicted octanol–water partition coefficient (Wildman–Crippen LogP) is 0.878. The number of nitrogens with zero attached hydrogens (tertiary/aromatic N) is 1. The minimum absolute atomic E-state index is 0.0453. The van der Waals surface area contributed by atoms with E-state index in [-0.39, 0.29) is 17.4 Å². The van der Waals surface area contributed by atoms with Crippen molar-refractivity contribution < 1.29 is 13.2 Å². The highest BCUT2D eigenvalue weighted by Crippen LogP contribution is 2.48. The van der Waals surface area contributed by atoms with Crippen molar-refractivity contribution in [2.45, 2.75) is 38.1 Å². The Kier molecular flexibility index (Phi) is 4.03. The van der Waals surface area contributed by atoms with Gasteiger partial charge in [0.25, 0.3) is 0 Å². The number of H-pyrrole nitrogens is 1. The van der Waals surface area contributed by atoms with E-state index in [2.05, 4.69) is 9.71 Å². The van der Waals surface area contributed by atoms with E-state index in [1.54, 1.807) is 0 Å². The maximum Gasteiger partial charge on any atom is 0.222 e. The average molecular weight is 325 g/mol. The fraction of sp³-hybridized carbons (Fsp3) is 0.667. The first-order valence-corrected chi connectivity index (χ1v) is 9.62. The number of hydrogen-bond acceptors (Lipinski definition) is 3. The second-order valence-electron chi connectivity index (χ2n) is 6.76. The Labute approximate surface area is 131 Å². The molecule has 3 rings (SSSR count). The van der Waals surface area contributed by atoms with Gasteiger partial charge in [-0.2, -0.15) is 0 Å². The Morgan fingerprint density at radius 2 is 2.27 bits per heavy atom. The lowest BCUT2D eigenvalue weighted by Crippen LogP contribution is -2.51. The molecule has 0 bridgehead atoms. The van der Waals surface area contributed by atoms with Crippen molar-refractivity contribution in [2.75, 3.05) is 19.3 Å². The third-order valence-electron chi connectivity index (χ3n) is 4.80. The summed E-state index contributed by atoms with van der Waals surface area (Å²) in [5.41, 5.74) is 1.23. The number of nitrogens with one attached hydrogen (secondary N) is 2. The number of carbonyl (C=O) groups is 1. The lowest BCUT2D eigenvalue weighted by Gasteiger charge is -2.45. The zero-order chi connectivity index (χ0) is 15.8. The van der Waals surface area contributed by atoms with Crippen LogP contribution in [0.25, 0.3) is 0 Å². The quantitative estimate of drug-likeness (QED) is 0.843. The second kappa shape index (κ2) is 5.70. The van der Waals surface area contributed by atoms with Crippen LogP contribution in [0.15, 0.2) is 18.3 Å². The van der Waals surface area contributed by atoms with Gasteiger partial charge in [0.05, 0.1) is 6.26 Å². The van der Waals surface area contributed by atoms with Gasteiger partial charge in [0.2, 0.25) is 15.9 Å². The highest BCUT2D eigenvalue weighted by atomic mass is 32.2. The summed E-state index contributed by atoms with van der Waals surface area (Å²) in [4.78, 5) is 17.3. The van der Waals surface area contributed by atoms with Gasteiger partial charge < -0.3 is 9.88 Å². The molecule has 6 nitrogen and oxygen atoms in total. The summed E-state index contributed by atoms with van der Waals surface area (Å²) in [5, 5.41) is 0. The van der Waals surface area contributed by atoms with Crippen LogP contribution < -0.4 is 4.72 Å². The number of sulfonamides is 1. The minimum atomic E-state index is -3.13. The van der Waals surface area contributed by atoms with Crippen LogP contribution in [-0.2, 0) is 21.2 Å². The van der Waals surface area contributed by atoms with Crippen LogP contribution in [0.2, 0.25) is 0 Å². The molecule has 2 N–H and O–H groups in total. The summed E-state index contributed by atoms with van der Waals surface area (Å²) >= 11 is 0. The molecule has 0 radical (unpaired) electrons. The first kappa shape index (κ1) is 15.6. The van der Waals surface area contributed by atoms with Crippen molar-refractivity contribution in [3.05, 3.63) is 24.0 Å². The van der Waals surface area contributed by atoms with Crippen LogP contribution in [0.5, 0.6) is 0 Å². The highest BCUT2D eigenvalue weighted by molar-refractivity contribution is 7.88.